The van der Waals surface area contributed by atoms with Gasteiger partial charge in [0, 0.05) is 13.1 Å². The van der Waals surface area contributed by atoms with Crippen LogP contribution < -0.4 is 5.32 Å². The molecule has 6 heteroatoms. The van der Waals surface area contributed by atoms with Gasteiger partial charge in [0.05, 0.1) is 20.3 Å². The molecule has 0 aromatic rings. The van der Waals surface area contributed by atoms with Crippen LogP contribution in [-0.2, 0) is 14.3 Å². The lowest BCUT2D eigenvalue weighted by Gasteiger charge is -2.31. The van der Waals surface area contributed by atoms with Crippen LogP contribution in [0, 0.1) is 0 Å². The summed E-state index contributed by atoms with van der Waals surface area (Å²) in [6.45, 7) is 3.74. The van der Waals surface area contributed by atoms with Crippen molar-refractivity contribution in [2.24, 2.45) is 0 Å². The standard InChI is InChI=1S/C10H18N2O4/c1-3-4-11-10(14)12-5-6-16-8(7-12)9(13)15-2/h8H,3-7H2,1-2H3,(H,11,14). The number of methoxy groups -OCH3 is 1. The lowest BCUT2D eigenvalue weighted by molar-refractivity contribution is -0.158. The van der Waals surface area contributed by atoms with Crippen molar-refractivity contribution in [3.05, 3.63) is 0 Å². The number of amides is 2. The van der Waals surface area contributed by atoms with Gasteiger partial charge in [0.25, 0.3) is 0 Å². The van der Waals surface area contributed by atoms with Crippen LogP contribution in [0.5, 0.6) is 0 Å². The van der Waals surface area contributed by atoms with Gasteiger partial charge < -0.3 is 19.7 Å². The van der Waals surface area contributed by atoms with E-state index >= 15 is 0 Å². The Kier molecular flexibility index (Phi) is 5.04. The number of esters is 1. The van der Waals surface area contributed by atoms with Gasteiger partial charge in [-0.1, -0.05) is 6.92 Å². The van der Waals surface area contributed by atoms with Gasteiger partial charge in [-0.3, -0.25) is 0 Å². The van der Waals surface area contributed by atoms with Crippen LogP contribution in [0.4, 0.5) is 4.79 Å². The maximum Gasteiger partial charge on any atom is 0.336 e. The molecule has 1 fully saturated rings. The summed E-state index contributed by atoms with van der Waals surface area (Å²) in [6.07, 6.45) is 0.224. The van der Waals surface area contributed by atoms with E-state index in [4.69, 9.17) is 4.74 Å². The summed E-state index contributed by atoms with van der Waals surface area (Å²) in [4.78, 5) is 24.4. The molecule has 1 aliphatic rings. The molecule has 1 heterocycles. The van der Waals surface area contributed by atoms with Crippen molar-refractivity contribution in [1.29, 1.82) is 0 Å². The van der Waals surface area contributed by atoms with Gasteiger partial charge in [-0.05, 0) is 6.42 Å². The molecule has 0 bridgehead atoms. The van der Waals surface area contributed by atoms with E-state index in [-0.39, 0.29) is 12.6 Å². The van der Waals surface area contributed by atoms with E-state index in [1.807, 2.05) is 6.92 Å². The molecule has 92 valence electrons. The number of morpholine rings is 1. The minimum Gasteiger partial charge on any atom is -0.467 e. The van der Waals surface area contributed by atoms with Crippen LogP contribution in [0.1, 0.15) is 13.3 Å². The molecule has 1 saturated heterocycles. The van der Waals surface area contributed by atoms with Crippen LogP contribution in [0.25, 0.3) is 0 Å². The molecule has 0 aliphatic carbocycles. The molecule has 2 amide bonds. The summed E-state index contributed by atoms with van der Waals surface area (Å²) in [6, 6.07) is -0.154. The van der Waals surface area contributed by atoms with E-state index in [1.165, 1.54) is 7.11 Å². The zero-order valence-corrected chi connectivity index (χ0v) is 9.69. The number of hydrogen-bond acceptors (Lipinski definition) is 4. The summed E-state index contributed by atoms with van der Waals surface area (Å²) in [5.41, 5.74) is 0. The highest BCUT2D eigenvalue weighted by molar-refractivity contribution is 5.78. The zero-order valence-electron chi connectivity index (χ0n) is 9.69. The Bertz CT molecular complexity index is 257. The molecule has 1 unspecified atom stereocenters. The topological polar surface area (TPSA) is 67.9 Å². The Morgan fingerprint density at radius 2 is 2.31 bits per heavy atom. The lowest BCUT2D eigenvalue weighted by Crippen LogP contribution is -2.52. The fourth-order valence-electron chi connectivity index (χ4n) is 1.45. The molecule has 16 heavy (non-hydrogen) atoms. The second kappa shape index (κ2) is 6.32. The van der Waals surface area contributed by atoms with Crippen molar-refractivity contribution >= 4 is 12.0 Å². The summed E-state index contributed by atoms with van der Waals surface area (Å²) in [7, 11) is 1.31. The van der Waals surface area contributed by atoms with Crippen LogP contribution >= 0.6 is 0 Å². The summed E-state index contributed by atoms with van der Waals surface area (Å²) >= 11 is 0. The zero-order chi connectivity index (χ0) is 12.0. The quantitative estimate of drug-likeness (QED) is 0.692. The van der Waals surface area contributed by atoms with Crippen molar-refractivity contribution in [1.82, 2.24) is 10.2 Å². The SMILES string of the molecule is CCCNC(=O)N1CCOC(C(=O)OC)C1. The van der Waals surface area contributed by atoms with E-state index in [0.29, 0.717) is 19.7 Å². The summed E-state index contributed by atoms with van der Waals surface area (Å²) in [5.74, 6) is -0.437. The van der Waals surface area contributed by atoms with E-state index in [0.717, 1.165) is 6.42 Å². The van der Waals surface area contributed by atoms with Crippen molar-refractivity contribution in [2.75, 3.05) is 33.4 Å². The average Bonchev–Trinajstić information content (AvgIpc) is 2.35. The van der Waals surface area contributed by atoms with Gasteiger partial charge in [0.15, 0.2) is 6.10 Å². The number of carbonyl (C=O) groups is 2. The van der Waals surface area contributed by atoms with Crippen LogP contribution in [0.3, 0.4) is 0 Å². The molecular formula is C10H18N2O4. The third-order valence-corrected chi connectivity index (χ3v) is 2.34. The maximum absolute atomic E-state index is 11.6. The molecule has 1 N–H and O–H groups in total. The van der Waals surface area contributed by atoms with Gasteiger partial charge in [0.1, 0.15) is 0 Å². The second-order valence-corrected chi connectivity index (χ2v) is 3.56. The lowest BCUT2D eigenvalue weighted by atomic mass is 10.3. The minimum absolute atomic E-state index is 0.154. The number of urea groups is 1. The molecular weight excluding hydrogens is 212 g/mol. The first-order valence-corrected chi connectivity index (χ1v) is 5.41. The average molecular weight is 230 g/mol. The first-order valence-electron chi connectivity index (χ1n) is 5.41. The predicted molar refractivity (Wildman–Crippen MR) is 57.0 cm³/mol. The van der Waals surface area contributed by atoms with Crippen molar-refractivity contribution in [3.8, 4) is 0 Å². The number of carbonyl (C=O) groups excluding carboxylic acids is 2. The highest BCUT2D eigenvalue weighted by atomic mass is 16.6. The third-order valence-electron chi connectivity index (χ3n) is 2.34. The van der Waals surface area contributed by atoms with Crippen LogP contribution in [-0.4, -0.2) is 56.4 Å². The highest BCUT2D eigenvalue weighted by Gasteiger charge is 2.29. The Hall–Kier alpha value is -1.30. The maximum atomic E-state index is 11.6. The fourth-order valence-corrected chi connectivity index (χ4v) is 1.45. The molecule has 1 rings (SSSR count). The number of hydrogen-bond donors (Lipinski definition) is 1. The largest absolute Gasteiger partial charge is 0.467 e. The Morgan fingerprint density at radius 1 is 1.56 bits per heavy atom. The fraction of sp³-hybridized carbons (Fsp3) is 0.800. The molecule has 0 saturated carbocycles. The molecule has 0 aromatic carbocycles. The molecule has 1 aliphatic heterocycles. The highest BCUT2D eigenvalue weighted by Crippen LogP contribution is 2.06. The molecule has 1 atom stereocenters. The Balaban J connectivity index is 2.43. The number of ether oxygens (including phenoxy) is 2. The third kappa shape index (κ3) is 3.37. The van der Waals surface area contributed by atoms with Crippen molar-refractivity contribution in [3.63, 3.8) is 0 Å². The van der Waals surface area contributed by atoms with Gasteiger partial charge in [-0.25, -0.2) is 9.59 Å². The first-order chi connectivity index (χ1) is 7.69. The van der Waals surface area contributed by atoms with Crippen molar-refractivity contribution < 1.29 is 19.1 Å². The second-order valence-electron chi connectivity index (χ2n) is 3.56. The summed E-state index contributed by atoms with van der Waals surface area (Å²) < 4.78 is 9.80. The Labute approximate surface area is 94.9 Å². The summed E-state index contributed by atoms with van der Waals surface area (Å²) in [5, 5.41) is 2.76. The molecule has 0 aromatic heterocycles. The van der Waals surface area contributed by atoms with Crippen molar-refractivity contribution in [2.45, 2.75) is 19.4 Å². The number of rotatable bonds is 3. The molecule has 6 nitrogen and oxygen atoms in total. The van der Waals surface area contributed by atoms with E-state index in [1.54, 1.807) is 4.90 Å². The minimum atomic E-state index is -0.661. The Morgan fingerprint density at radius 3 is 2.94 bits per heavy atom. The smallest absolute Gasteiger partial charge is 0.336 e. The van der Waals surface area contributed by atoms with Gasteiger partial charge in [-0.15, -0.1) is 0 Å². The predicted octanol–water partition coefficient (Wildman–Crippen LogP) is -0.0202. The van der Waals surface area contributed by atoms with E-state index < -0.39 is 12.1 Å². The van der Waals surface area contributed by atoms with Crippen LogP contribution in [0.2, 0.25) is 0 Å². The monoisotopic (exact) mass is 230 g/mol. The molecule has 0 spiro atoms. The van der Waals surface area contributed by atoms with Crippen LogP contribution in [0.15, 0.2) is 0 Å². The van der Waals surface area contributed by atoms with Gasteiger partial charge in [0.2, 0.25) is 0 Å². The van der Waals surface area contributed by atoms with Gasteiger partial charge >= 0.3 is 12.0 Å². The number of nitrogens with one attached hydrogen (secondary N) is 1. The first kappa shape index (κ1) is 12.8. The van der Waals surface area contributed by atoms with E-state index in [9.17, 15) is 9.59 Å². The molecule has 0 radical (unpaired) electrons. The van der Waals surface area contributed by atoms with E-state index in [2.05, 4.69) is 10.1 Å². The van der Waals surface area contributed by atoms with Gasteiger partial charge in [-0.2, -0.15) is 0 Å². The normalized spacial score (nSPS) is 20.4. The number of nitrogens with zero attached hydrogens (tertiary/aromatic N) is 1.